The van der Waals surface area contributed by atoms with E-state index in [1.54, 1.807) is 52.3 Å². The van der Waals surface area contributed by atoms with E-state index in [9.17, 15) is 58.2 Å². The molecular weight excluding hydrogens is 1120 g/mol. The molecule has 27 nitrogen and oxygen atoms in total. The highest BCUT2D eigenvalue weighted by Gasteiger charge is 2.36. The first-order valence-electron chi connectivity index (χ1n) is 28.2. The van der Waals surface area contributed by atoms with E-state index in [4.69, 9.17) is 33.8 Å². The number of aromatic hydroxyl groups is 1. The number of nitrogens with zero attached hydrogens (tertiary/aromatic N) is 1. The lowest BCUT2D eigenvalue weighted by atomic mass is 9.96. The lowest BCUT2D eigenvalue weighted by molar-refractivity contribution is -0.142. The number of unbranched alkanes of at least 4 members (excludes halogenated alkanes) is 2. The fourth-order valence-corrected chi connectivity index (χ4v) is 9.28. The summed E-state index contributed by atoms with van der Waals surface area (Å²) in [5.74, 6) is -8.78. The van der Waals surface area contributed by atoms with Crippen molar-refractivity contribution in [2.75, 3.05) is 43.7 Å². The van der Waals surface area contributed by atoms with Crippen LogP contribution in [0.15, 0.2) is 29.3 Å². The van der Waals surface area contributed by atoms with Crippen molar-refractivity contribution in [3.05, 3.63) is 29.8 Å². The third kappa shape index (κ3) is 30.6. The van der Waals surface area contributed by atoms with Crippen LogP contribution >= 0.6 is 23.5 Å². The molecule has 0 heterocycles. The number of hydrogen-bond donors (Lipinski definition) is 16. The molecule has 0 radical (unpaired) electrons. The predicted octanol–water partition coefficient (Wildman–Crippen LogP) is -1.00. The van der Waals surface area contributed by atoms with Crippen molar-refractivity contribution >= 4 is 88.7 Å². The highest BCUT2D eigenvalue weighted by molar-refractivity contribution is 7.98. The van der Waals surface area contributed by atoms with Gasteiger partial charge in [-0.25, -0.2) is 4.79 Å². The van der Waals surface area contributed by atoms with Gasteiger partial charge >= 0.3 is 11.9 Å². The molecule has 1 aromatic rings. The van der Waals surface area contributed by atoms with Gasteiger partial charge in [0.25, 0.3) is 0 Å². The van der Waals surface area contributed by atoms with E-state index in [2.05, 4.69) is 47.5 Å². The quantitative estimate of drug-likeness (QED) is 0.0212. The molecule has 21 N–H and O–H groups in total. The van der Waals surface area contributed by atoms with Crippen molar-refractivity contribution in [2.24, 2.45) is 45.5 Å². The van der Waals surface area contributed by atoms with Crippen LogP contribution in [0.5, 0.6) is 5.75 Å². The number of phenolic OH excluding ortho intramolecular Hbond substituents is 1. The van der Waals surface area contributed by atoms with Crippen LogP contribution in [-0.2, 0) is 54.4 Å². The van der Waals surface area contributed by atoms with Gasteiger partial charge in [0.05, 0.1) is 6.04 Å². The van der Waals surface area contributed by atoms with E-state index in [0.717, 1.165) is 0 Å². The number of benzene rings is 1. The molecule has 1 aromatic carbocycles. The number of aliphatic carboxylic acids is 2. The number of nitrogens with two attached hydrogens (primary N) is 5. The topological polar surface area (TPSA) is 470 Å². The van der Waals surface area contributed by atoms with Crippen LogP contribution in [0.3, 0.4) is 0 Å². The van der Waals surface area contributed by atoms with Crippen molar-refractivity contribution in [1.82, 2.24) is 42.5 Å². The van der Waals surface area contributed by atoms with Gasteiger partial charge in [0.15, 0.2) is 5.96 Å². The van der Waals surface area contributed by atoms with Gasteiger partial charge < -0.3 is 86.5 Å². The van der Waals surface area contributed by atoms with E-state index in [1.165, 1.54) is 35.7 Å². The maximum Gasteiger partial charge on any atom is 0.326 e. The Morgan fingerprint density at radius 3 is 1.41 bits per heavy atom. The fraction of sp³-hybridized carbons (Fsp3) is 0.685. The van der Waals surface area contributed by atoms with Crippen LogP contribution < -0.4 is 71.2 Å². The lowest BCUT2D eigenvalue weighted by Gasteiger charge is -2.30. The zero-order valence-corrected chi connectivity index (χ0v) is 50.5. The van der Waals surface area contributed by atoms with Crippen LogP contribution in [0.1, 0.15) is 123 Å². The van der Waals surface area contributed by atoms with Gasteiger partial charge in [-0.05, 0) is 144 Å². The number of guanidine groups is 1. The largest absolute Gasteiger partial charge is 0.508 e. The second-order valence-electron chi connectivity index (χ2n) is 20.8. The zero-order valence-electron chi connectivity index (χ0n) is 48.9. The Kier molecular flexibility index (Phi) is 37.3. The van der Waals surface area contributed by atoms with E-state index in [-0.39, 0.29) is 101 Å². The second kappa shape index (κ2) is 41.5. The minimum Gasteiger partial charge on any atom is -0.508 e. The third-order valence-corrected chi connectivity index (χ3v) is 14.6. The van der Waals surface area contributed by atoms with Crippen molar-refractivity contribution < 1.29 is 63.3 Å². The normalized spacial score (nSPS) is 14.8. The average Bonchev–Trinajstić information content (AvgIpc) is 3.49. The smallest absolute Gasteiger partial charge is 0.326 e. The Labute approximate surface area is 495 Å². The number of aliphatic imine (C=N–C) groups is 1. The molecule has 0 aliphatic rings. The molecule has 0 unspecified atom stereocenters. The monoisotopic (exact) mass is 1210 g/mol. The number of carbonyl (C=O) groups is 10. The number of amides is 8. The minimum absolute atomic E-state index is 0.0312. The van der Waals surface area contributed by atoms with Crippen molar-refractivity contribution in [3.8, 4) is 5.75 Å². The molecule has 10 atom stereocenters. The van der Waals surface area contributed by atoms with Crippen molar-refractivity contribution in [3.63, 3.8) is 0 Å². The Morgan fingerprint density at radius 2 is 0.964 bits per heavy atom. The van der Waals surface area contributed by atoms with E-state index >= 15 is 0 Å². The molecule has 83 heavy (non-hydrogen) atoms. The molecule has 0 saturated carbocycles. The van der Waals surface area contributed by atoms with Crippen LogP contribution in [-0.4, -0.2) is 179 Å². The van der Waals surface area contributed by atoms with E-state index in [1.807, 2.05) is 0 Å². The summed E-state index contributed by atoms with van der Waals surface area (Å²) in [4.78, 5) is 140. The van der Waals surface area contributed by atoms with Gasteiger partial charge in [0, 0.05) is 19.4 Å². The van der Waals surface area contributed by atoms with Gasteiger partial charge in [-0.2, -0.15) is 23.5 Å². The summed E-state index contributed by atoms with van der Waals surface area (Å²) in [7, 11) is 0. The summed E-state index contributed by atoms with van der Waals surface area (Å²) in [5, 5.41) is 50.4. The Bertz CT molecular complexity index is 2250. The molecule has 29 heteroatoms. The number of nitrogens with one attached hydrogen (secondary N) is 8. The van der Waals surface area contributed by atoms with Gasteiger partial charge in [-0.3, -0.25) is 48.1 Å². The van der Waals surface area contributed by atoms with Crippen LogP contribution in [0.2, 0.25) is 0 Å². The summed E-state index contributed by atoms with van der Waals surface area (Å²) in [5.41, 5.74) is 29.2. The number of carboxylic acids is 2. The molecule has 0 aromatic heterocycles. The lowest BCUT2D eigenvalue weighted by Crippen LogP contribution is -2.61. The van der Waals surface area contributed by atoms with Gasteiger partial charge in [0.2, 0.25) is 47.3 Å². The first kappa shape index (κ1) is 74.6. The van der Waals surface area contributed by atoms with Gasteiger partial charge in [-0.1, -0.05) is 46.2 Å². The van der Waals surface area contributed by atoms with Crippen molar-refractivity contribution in [1.29, 1.82) is 0 Å². The molecule has 0 aliphatic heterocycles. The molecule has 470 valence electrons. The van der Waals surface area contributed by atoms with E-state index < -0.39 is 119 Å². The number of carbonyl (C=O) groups excluding carboxylic acids is 8. The second-order valence-corrected chi connectivity index (χ2v) is 22.7. The van der Waals surface area contributed by atoms with Crippen molar-refractivity contribution in [2.45, 2.75) is 178 Å². The number of phenols is 1. The summed E-state index contributed by atoms with van der Waals surface area (Å²) >= 11 is 2.77. The third-order valence-electron chi connectivity index (χ3n) is 13.4. The summed E-state index contributed by atoms with van der Waals surface area (Å²) in [6, 6.07) is -5.62. The number of carboxylic acid groups (broad SMARTS) is 2. The maximum atomic E-state index is 14.5. The minimum atomic E-state index is -1.36. The summed E-state index contributed by atoms with van der Waals surface area (Å²) in [6.45, 7) is 7.66. The maximum absolute atomic E-state index is 14.5. The zero-order chi connectivity index (χ0) is 62.6. The molecule has 1 rings (SSSR count). The Hall–Kier alpha value is -6.43. The summed E-state index contributed by atoms with van der Waals surface area (Å²) in [6.07, 6.45) is 5.34. The highest BCUT2D eigenvalue weighted by atomic mass is 32.2. The fourth-order valence-electron chi connectivity index (χ4n) is 8.34. The Morgan fingerprint density at radius 1 is 0.542 bits per heavy atom. The average molecular weight is 1210 g/mol. The summed E-state index contributed by atoms with van der Waals surface area (Å²) < 4.78 is 0. The number of rotatable bonds is 44. The highest BCUT2D eigenvalue weighted by Crippen LogP contribution is 2.16. The Balaban J connectivity index is 3.65. The molecule has 0 aliphatic carbocycles. The van der Waals surface area contributed by atoms with Crippen LogP contribution in [0.25, 0.3) is 0 Å². The van der Waals surface area contributed by atoms with Gasteiger partial charge in [0.1, 0.15) is 54.1 Å². The molecule has 0 saturated heterocycles. The number of hydrogen-bond acceptors (Lipinski definition) is 17. The molecule has 0 bridgehead atoms. The SMILES string of the molecule is CC[C@H](C)[C@H](NC(=O)[C@H](CCSC)NC(=O)[C@H](CCCCN)NC(=O)[C@H](CCCN=C(N)N)NC(=O)[C@H](CCCCN)NC(=O)[C@H](CC(C)C)NC(=O)[C@@H](N)CCC(=O)O)C(=O)N[C@@H](Cc1ccc(O)cc1)C(=O)N[C@@H](CCSC)C(=O)O. The molecule has 0 fully saturated rings. The first-order chi connectivity index (χ1) is 39.3. The standard InChI is InChI=1S/C54H94N14O13S2/c1-7-32(4)44(52(79)67-42(30-33-16-18-34(69)19-17-33)51(78)65-40(53(80)81)23-28-83-6)68-49(76)39(22-27-82-5)64-47(74)36(13-8-10-24-55)61-48(75)38(15-12-26-60-54(58)59)62-46(73)37(14-9-11-25-56)63-50(77)41(29-31(2)3)66-45(72)35(57)20-21-43(70)71/h16-19,31-32,35-42,44,69H,7-15,20-30,55-57H2,1-6H3,(H,61,75)(H,62,73)(H,63,77)(H,64,74)(H,65,78)(H,66,72)(H,67,79)(H,68,76)(H,70,71)(H,80,81)(H4,58,59,60)/t32-,35-,36-,37-,38-,39-,40-,41-,42-,44-/m0/s1. The molecule has 0 spiro atoms. The number of thioether (sulfide) groups is 2. The van der Waals surface area contributed by atoms with Crippen LogP contribution in [0, 0.1) is 11.8 Å². The molecule has 8 amide bonds. The predicted molar refractivity (Wildman–Crippen MR) is 320 cm³/mol. The van der Waals surface area contributed by atoms with Crippen LogP contribution in [0.4, 0.5) is 0 Å². The molecular formula is C54H94N14O13S2. The van der Waals surface area contributed by atoms with Gasteiger partial charge in [-0.15, -0.1) is 0 Å². The first-order valence-corrected chi connectivity index (χ1v) is 31.0. The van der Waals surface area contributed by atoms with E-state index in [0.29, 0.717) is 49.2 Å².